The van der Waals surface area contributed by atoms with E-state index < -0.39 is 0 Å². The molecule has 2 aromatic rings. The first-order valence-corrected chi connectivity index (χ1v) is 6.25. The lowest BCUT2D eigenvalue weighted by atomic mass is 10.1. The van der Waals surface area contributed by atoms with E-state index >= 15 is 0 Å². The van der Waals surface area contributed by atoms with Crippen molar-refractivity contribution in [3.05, 3.63) is 58.1 Å². The molecule has 0 N–H and O–H groups in total. The predicted molar refractivity (Wildman–Crippen MR) is 76.6 cm³/mol. The summed E-state index contributed by atoms with van der Waals surface area (Å²) < 4.78 is 5.85. The molecule has 0 atom stereocenters. The van der Waals surface area contributed by atoms with E-state index in [0.29, 0.717) is 16.9 Å². The van der Waals surface area contributed by atoms with Crippen LogP contribution in [0.15, 0.2) is 30.3 Å². The van der Waals surface area contributed by atoms with Gasteiger partial charge in [0.1, 0.15) is 23.6 Å². The van der Waals surface area contributed by atoms with E-state index in [1.54, 1.807) is 18.2 Å². The molecule has 2 aromatic carbocycles. The largest absolute Gasteiger partial charge is 0.457 e. The highest BCUT2D eigenvalue weighted by Gasteiger charge is 2.08. The van der Waals surface area contributed by atoms with Crippen molar-refractivity contribution in [1.29, 1.82) is 10.5 Å². The average Bonchev–Trinajstić information content (AvgIpc) is 2.44. The molecule has 0 heterocycles. The van der Waals surface area contributed by atoms with Gasteiger partial charge >= 0.3 is 0 Å². The summed E-state index contributed by atoms with van der Waals surface area (Å²) in [6.07, 6.45) is 0. The molecule has 0 bridgehead atoms. The van der Waals surface area contributed by atoms with E-state index in [0.717, 1.165) is 22.4 Å². The second-order valence-electron chi connectivity index (χ2n) is 4.74. The van der Waals surface area contributed by atoms with Crippen molar-refractivity contribution in [1.82, 2.24) is 0 Å². The monoisotopic (exact) mass is 262 g/mol. The maximum Gasteiger partial charge on any atom is 0.130 e. The van der Waals surface area contributed by atoms with Gasteiger partial charge in [-0.25, -0.2) is 0 Å². The molecule has 3 nitrogen and oxygen atoms in total. The van der Waals surface area contributed by atoms with Crippen LogP contribution in [0.25, 0.3) is 0 Å². The zero-order valence-electron chi connectivity index (χ0n) is 11.7. The quantitative estimate of drug-likeness (QED) is 0.817. The van der Waals surface area contributed by atoms with Crippen LogP contribution in [0.5, 0.6) is 11.5 Å². The fourth-order valence-corrected chi connectivity index (χ4v) is 2.01. The summed E-state index contributed by atoms with van der Waals surface area (Å²) in [5.74, 6) is 1.34. The molecule has 3 heteroatoms. The molecule has 0 amide bonds. The second-order valence-corrected chi connectivity index (χ2v) is 4.74. The molecule has 0 saturated carbocycles. The minimum atomic E-state index is 0.326. The van der Waals surface area contributed by atoms with E-state index in [-0.39, 0.29) is 0 Å². The third-order valence-electron chi connectivity index (χ3n) is 3.22. The van der Waals surface area contributed by atoms with Crippen LogP contribution < -0.4 is 4.74 Å². The molecule has 2 rings (SSSR count). The highest BCUT2D eigenvalue weighted by Crippen LogP contribution is 2.29. The van der Waals surface area contributed by atoms with Gasteiger partial charge in [0.2, 0.25) is 0 Å². The van der Waals surface area contributed by atoms with E-state index in [4.69, 9.17) is 15.3 Å². The van der Waals surface area contributed by atoms with E-state index in [1.165, 1.54) is 0 Å². The number of hydrogen-bond donors (Lipinski definition) is 0. The predicted octanol–water partition coefficient (Wildman–Crippen LogP) is 4.15. The summed E-state index contributed by atoms with van der Waals surface area (Å²) in [6.45, 7) is 6.05. The molecule has 0 spiro atoms. The molecular weight excluding hydrogens is 248 g/mol. The average molecular weight is 262 g/mol. The fourth-order valence-electron chi connectivity index (χ4n) is 2.01. The Kier molecular flexibility index (Phi) is 3.73. The summed E-state index contributed by atoms with van der Waals surface area (Å²) in [7, 11) is 0. The van der Waals surface area contributed by atoms with Crippen LogP contribution in [0.3, 0.4) is 0 Å². The molecule has 0 radical (unpaired) electrons. The minimum absolute atomic E-state index is 0.326. The topological polar surface area (TPSA) is 56.8 Å². The Labute approximate surface area is 118 Å². The van der Waals surface area contributed by atoms with Gasteiger partial charge < -0.3 is 4.74 Å². The molecule has 0 aliphatic rings. The normalized spacial score (nSPS) is 9.65. The van der Waals surface area contributed by atoms with Crippen molar-refractivity contribution < 1.29 is 4.74 Å². The SMILES string of the molecule is Cc1cc(C)c(C)c(Oc2ccc(C#N)c(C#N)c2)c1. The van der Waals surface area contributed by atoms with Crippen molar-refractivity contribution in [3.63, 3.8) is 0 Å². The van der Waals surface area contributed by atoms with Crippen LogP contribution in [0, 0.1) is 43.4 Å². The summed E-state index contributed by atoms with van der Waals surface area (Å²) in [5, 5.41) is 17.9. The Hall–Kier alpha value is -2.78. The van der Waals surface area contributed by atoms with Gasteiger partial charge in [-0.05, 0) is 61.7 Å². The smallest absolute Gasteiger partial charge is 0.130 e. The summed E-state index contributed by atoms with van der Waals surface area (Å²) in [4.78, 5) is 0. The van der Waals surface area contributed by atoms with Crippen LogP contribution in [0.2, 0.25) is 0 Å². The summed E-state index contributed by atoms with van der Waals surface area (Å²) >= 11 is 0. The Bertz CT molecular complexity index is 749. The summed E-state index contributed by atoms with van der Waals surface area (Å²) in [6, 6.07) is 13.0. The number of aryl methyl sites for hydroxylation is 2. The van der Waals surface area contributed by atoms with Crippen molar-refractivity contribution >= 4 is 0 Å². The molecule has 0 unspecified atom stereocenters. The maximum absolute atomic E-state index is 9.03. The van der Waals surface area contributed by atoms with Gasteiger partial charge in [0.05, 0.1) is 11.1 Å². The van der Waals surface area contributed by atoms with Gasteiger partial charge in [0.15, 0.2) is 0 Å². The van der Waals surface area contributed by atoms with Crippen molar-refractivity contribution in [2.45, 2.75) is 20.8 Å². The number of hydrogen-bond acceptors (Lipinski definition) is 3. The zero-order chi connectivity index (χ0) is 14.7. The fraction of sp³-hybridized carbons (Fsp3) is 0.176. The van der Waals surface area contributed by atoms with Crippen LogP contribution in [-0.2, 0) is 0 Å². The first-order chi connectivity index (χ1) is 9.55. The van der Waals surface area contributed by atoms with Crippen molar-refractivity contribution in [3.8, 4) is 23.6 Å². The van der Waals surface area contributed by atoms with Gasteiger partial charge in [0, 0.05) is 0 Å². The molecule has 0 aromatic heterocycles. The standard InChI is InChI=1S/C17H14N2O/c1-11-6-12(2)13(3)17(7-11)20-16-5-4-14(9-18)15(8-16)10-19/h4-8H,1-3H3. The van der Waals surface area contributed by atoms with Gasteiger partial charge in [-0.1, -0.05) is 6.07 Å². The Morgan fingerprint density at radius 3 is 2.25 bits per heavy atom. The van der Waals surface area contributed by atoms with Gasteiger partial charge in [-0.3, -0.25) is 0 Å². The van der Waals surface area contributed by atoms with Crippen LogP contribution in [0.4, 0.5) is 0 Å². The highest BCUT2D eigenvalue weighted by molar-refractivity contribution is 5.51. The molecule has 0 fully saturated rings. The minimum Gasteiger partial charge on any atom is -0.457 e. The van der Waals surface area contributed by atoms with Crippen LogP contribution >= 0.6 is 0 Å². The van der Waals surface area contributed by atoms with Crippen LogP contribution in [-0.4, -0.2) is 0 Å². The molecule has 0 saturated heterocycles. The van der Waals surface area contributed by atoms with Gasteiger partial charge in [-0.15, -0.1) is 0 Å². The molecule has 20 heavy (non-hydrogen) atoms. The van der Waals surface area contributed by atoms with E-state index in [9.17, 15) is 0 Å². The van der Waals surface area contributed by atoms with E-state index in [2.05, 4.69) is 6.07 Å². The Balaban J connectivity index is 2.41. The zero-order valence-corrected chi connectivity index (χ0v) is 11.7. The molecular formula is C17H14N2O. The number of ether oxygens (including phenoxy) is 1. The third-order valence-corrected chi connectivity index (χ3v) is 3.22. The molecule has 0 aliphatic heterocycles. The maximum atomic E-state index is 9.03. The van der Waals surface area contributed by atoms with Crippen LogP contribution in [0.1, 0.15) is 27.8 Å². The Morgan fingerprint density at radius 2 is 1.60 bits per heavy atom. The van der Waals surface area contributed by atoms with E-state index in [1.807, 2.05) is 39.0 Å². The lowest BCUT2D eigenvalue weighted by Gasteiger charge is -2.12. The highest BCUT2D eigenvalue weighted by atomic mass is 16.5. The first kappa shape index (κ1) is 13.6. The second kappa shape index (κ2) is 5.47. The first-order valence-electron chi connectivity index (χ1n) is 6.25. The van der Waals surface area contributed by atoms with Gasteiger partial charge in [-0.2, -0.15) is 10.5 Å². The number of nitrogens with zero attached hydrogens (tertiary/aromatic N) is 2. The Morgan fingerprint density at radius 1 is 0.900 bits per heavy atom. The third kappa shape index (κ3) is 2.63. The van der Waals surface area contributed by atoms with Gasteiger partial charge in [0.25, 0.3) is 0 Å². The van der Waals surface area contributed by atoms with Crippen molar-refractivity contribution in [2.75, 3.05) is 0 Å². The number of rotatable bonds is 2. The van der Waals surface area contributed by atoms with Crippen molar-refractivity contribution in [2.24, 2.45) is 0 Å². The molecule has 98 valence electrons. The number of nitriles is 2. The number of benzene rings is 2. The lowest BCUT2D eigenvalue weighted by Crippen LogP contribution is -1.93. The molecule has 0 aliphatic carbocycles. The summed E-state index contributed by atoms with van der Waals surface area (Å²) in [5.41, 5.74) is 4.04. The lowest BCUT2D eigenvalue weighted by molar-refractivity contribution is 0.477.